The Kier molecular flexibility index (Phi) is 5.16. The number of morpholine rings is 1. The lowest BCUT2D eigenvalue weighted by Crippen LogP contribution is -2.58. The molecule has 1 heterocycles. The van der Waals surface area contributed by atoms with Crippen molar-refractivity contribution in [3.05, 3.63) is 29.8 Å². The van der Waals surface area contributed by atoms with Crippen molar-refractivity contribution in [1.82, 2.24) is 4.90 Å². The van der Waals surface area contributed by atoms with Crippen LogP contribution >= 0.6 is 0 Å². The summed E-state index contributed by atoms with van der Waals surface area (Å²) in [6, 6.07) is 6.72. The Morgan fingerprint density at radius 3 is 2.52 bits per heavy atom. The first-order chi connectivity index (χ1) is 10.6. The Morgan fingerprint density at radius 1 is 1.30 bits per heavy atom. The maximum Gasteiger partial charge on any atom is 0.224 e. The van der Waals surface area contributed by atoms with E-state index in [-0.39, 0.29) is 29.1 Å². The molecule has 1 atom stereocenters. The molecule has 128 valence electrons. The van der Waals surface area contributed by atoms with E-state index in [1.807, 2.05) is 27.7 Å². The second-order valence-corrected chi connectivity index (χ2v) is 8.93. The Labute approximate surface area is 138 Å². The van der Waals surface area contributed by atoms with E-state index >= 15 is 0 Å². The first kappa shape index (κ1) is 17.9. The molecule has 1 aliphatic heterocycles. The minimum absolute atomic E-state index is 0.00758. The van der Waals surface area contributed by atoms with Crippen molar-refractivity contribution in [2.75, 3.05) is 18.9 Å². The lowest BCUT2D eigenvalue weighted by atomic mass is 10.0. The minimum Gasteiger partial charge on any atom is -0.374 e. The number of sulfone groups is 1. The average Bonchev–Trinajstić information content (AvgIpc) is 2.48. The van der Waals surface area contributed by atoms with Gasteiger partial charge in [0.2, 0.25) is 5.91 Å². The van der Waals surface area contributed by atoms with Crippen LogP contribution in [0, 0.1) is 6.92 Å². The molecule has 2 rings (SSSR count). The Morgan fingerprint density at radius 2 is 1.91 bits per heavy atom. The van der Waals surface area contributed by atoms with E-state index in [2.05, 4.69) is 0 Å². The van der Waals surface area contributed by atoms with Crippen LogP contribution in [0.25, 0.3) is 0 Å². The van der Waals surface area contributed by atoms with E-state index in [1.54, 1.807) is 29.2 Å². The third kappa shape index (κ3) is 4.32. The van der Waals surface area contributed by atoms with Crippen LogP contribution in [0.5, 0.6) is 0 Å². The zero-order valence-electron chi connectivity index (χ0n) is 14.2. The third-order valence-electron chi connectivity index (χ3n) is 4.16. The molecule has 0 aliphatic carbocycles. The van der Waals surface area contributed by atoms with Crippen LogP contribution in [0.4, 0.5) is 0 Å². The topological polar surface area (TPSA) is 63.7 Å². The molecule has 1 amide bonds. The molecule has 1 aromatic rings. The zero-order chi connectivity index (χ0) is 17.3. The predicted octanol–water partition coefficient (Wildman–Crippen LogP) is 2.18. The molecule has 5 nitrogen and oxygen atoms in total. The number of ether oxygens (including phenoxy) is 1. The van der Waals surface area contributed by atoms with E-state index in [0.717, 1.165) is 5.56 Å². The van der Waals surface area contributed by atoms with Gasteiger partial charge in [-0.25, -0.2) is 8.42 Å². The largest absolute Gasteiger partial charge is 0.374 e. The van der Waals surface area contributed by atoms with Gasteiger partial charge in [0.15, 0.2) is 9.84 Å². The highest BCUT2D eigenvalue weighted by Crippen LogP contribution is 2.23. The summed E-state index contributed by atoms with van der Waals surface area (Å²) < 4.78 is 30.3. The van der Waals surface area contributed by atoms with E-state index in [9.17, 15) is 13.2 Å². The van der Waals surface area contributed by atoms with Gasteiger partial charge in [0.1, 0.15) is 0 Å². The van der Waals surface area contributed by atoms with Gasteiger partial charge in [-0.1, -0.05) is 17.7 Å². The summed E-state index contributed by atoms with van der Waals surface area (Å²) in [4.78, 5) is 14.5. The molecule has 23 heavy (non-hydrogen) atoms. The number of hydrogen-bond acceptors (Lipinski definition) is 4. The van der Waals surface area contributed by atoms with Crippen molar-refractivity contribution in [1.29, 1.82) is 0 Å². The summed E-state index contributed by atoms with van der Waals surface area (Å²) in [5.41, 5.74) is 0.598. The fourth-order valence-electron chi connectivity index (χ4n) is 2.64. The lowest BCUT2D eigenvalue weighted by Gasteiger charge is -2.44. The molecule has 1 aliphatic rings. The van der Waals surface area contributed by atoms with E-state index in [0.29, 0.717) is 13.2 Å². The summed E-state index contributed by atoms with van der Waals surface area (Å²) >= 11 is 0. The summed E-state index contributed by atoms with van der Waals surface area (Å²) in [6.07, 6.45) is -0.0347. The predicted molar refractivity (Wildman–Crippen MR) is 89.1 cm³/mol. The first-order valence-electron chi connectivity index (χ1n) is 7.83. The van der Waals surface area contributed by atoms with Crippen LogP contribution in [-0.2, 0) is 19.4 Å². The van der Waals surface area contributed by atoms with Gasteiger partial charge in [0.05, 0.1) is 28.9 Å². The van der Waals surface area contributed by atoms with Gasteiger partial charge in [-0.2, -0.15) is 0 Å². The van der Waals surface area contributed by atoms with Crippen LogP contribution in [-0.4, -0.2) is 49.8 Å². The smallest absolute Gasteiger partial charge is 0.224 e. The number of rotatable bonds is 4. The molecular weight excluding hydrogens is 314 g/mol. The monoisotopic (exact) mass is 339 g/mol. The molecule has 6 heteroatoms. The van der Waals surface area contributed by atoms with Gasteiger partial charge in [0.25, 0.3) is 0 Å². The molecule has 1 unspecified atom stereocenters. The highest BCUT2D eigenvalue weighted by atomic mass is 32.2. The maximum absolute atomic E-state index is 12.5. The highest BCUT2D eigenvalue weighted by Gasteiger charge is 2.36. The standard InChI is InChI=1S/C17H25NO4S/c1-13-5-7-15(8-6-13)23(20,21)10-9-16(19)18-11-14(2)22-12-17(18,3)4/h5-8,14H,9-12H2,1-4H3. The fraction of sp³-hybridized carbons (Fsp3) is 0.588. The Balaban J connectivity index is 2.04. The number of carbonyl (C=O) groups excluding carboxylic acids is 1. The van der Waals surface area contributed by atoms with E-state index in [1.165, 1.54) is 0 Å². The molecule has 1 saturated heterocycles. The number of carbonyl (C=O) groups is 1. The molecule has 0 aromatic heterocycles. The normalized spacial score (nSPS) is 21.2. The minimum atomic E-state index is -3.44. The Bertz CT molecular complexity index is 664. The van der Waals surface area contributed by atoms with Crippen LogP contribution in [0.3, 0.4) is 0 Å². The molecule has 0 N–H and O–H groups in total. The van der Waals surface area contributed by atoms with Crippen molar-refractivity contribution < 1.29 is 17.9 Å². The van der Waals surface area contributed by atoms with Crippen molar-refractivity contribution >= 4 is 15.7 Å². The number of aryl methyl sites for hydroxylation is 1. The third-order valence-corrected chi connectivity index (χ3v) is 5.89. The van der Waals surface area contributed by atoms with Crippen LogP contribution < -0.4 is 0 Å². The number of amides is 1. The van der Waals surface area contributed by atoms with Gasteiger partial charge >= 0.3 is 0 Å². The summed E-state index contributed by atoms with van der Waals surface area (Å²) in [5, 5.41) is 0. The van der Waals surface area contributed by atoms with E-state index in [4.69, 9.17) is 4.74 Å². The number of hydrogen-bond donors (Lipinski definition) is 0. The van der Waals surface area contributed by atoms with Crippen LogP contribution in [0.15, 0.2) is 29.2 Å². The van der Waals surface area contributed by atoms with Crippen molar-refractivity contribution in [3.8, 4) is 0 Å². The highest BCUT2D eigenvalue weighted by molar-refractivity contribution is 7.91. The summed E-state index contributed by atoms with van der Waals surface area (Å²) in [6.45, 7) is 8.65. The zero-order valence-corrected chi connectivity index (χ0v) is 15.0. The van der Waals surface area contributed by atoms with Crippen molar-refractivity contribution in [2.24, 2.45) is 0 Å². The number of nitrogens with zero attached hydrogens (tertiary/aromatic N) is 1. The van der Waals surface area contributed by atoms with Gasteiger partial charge in [0, 0.05) is 13.0 Å². The molecule has 0 bridgehead atoms. The van der Waals surface area contributed by atoms with E-state index < -0.39 is 15.4 Å². The lowest BCUT2D eigenvalue weighted by molar-refractivity contribution is -0.152. The molecule has 0 spiro atoms. The van der Waals surface area contributed by atoms with Gasteiger partial charge in [-0.3, -0.25) is 4.79 Å². The summed E-state index contributed by atoms with van der Waals surface area (Å²) in [7, 11) is -3.44. The van der Waals surface area contributed by atoms with Gasteiger partial charge in [-0.15, -0.1) is 0 Å². The van der Waals surface area contributed by atoms with Crippen molar-refractivity contribution in [2.45, 2.75) is 50.7 Å². The fourth-order valence-corrected chi connectivity index (χ4v) is 3.87. The Hall–Kier alpha value is -1.40. The van der Waals surface area contributed by atoms with Crippen LogP contribution in [0.2, 0.25) is 0 Å². The van der Waals surface area contributed by atoms with Crippen LogP contribution in [0.1, 0.15) is 32.8 Å². The molecule has 0 saturated carbocycles. The maximum atomic E-state index is 12.5. The second kappa shape index (κ2) is 6.61. The number of benzene rings is 1. The molecule has 1 fully saturated rings. The van der Waals surface area contributed by atoms with Gasteiger partial charge in [-0.05, 0) is 39.8 Å². The quantitative estimate of drug-likeness (QED) is 0.843. The SMILES string of the molecule is Cc1ccc(S(=O)(=O)CCC(=O)N2CC(C)OCC2(C)C)cc1. The first-order valence-corrected chi connectivity index (χ1v) is 9.48. The molecular formula is C17H25NO4S. The molecule has 0 radical (unpaired) electrons. The van der Waals surface area contributed by atoms with Gasteiger partial charge < -0.3 is 9.64 Å². The van der Waals surface area contributed by atoms with Crippen molar-refractivity contribution in [3.63, 3.8) is 0 Å². The average molecular weight is 339 g/mol. The second-order valence-electron chi connectivity index (χ2n) is 6.82. The summed E-state index contributed by atoms with van der Waals surface area (Å²) in [5.74, 6) is -0.308. The molecule has 1 aromatic carbocycles.